The third kappa shape index (κ3) is 6.26. The summed E-state index contributed by atoms with van der Waals surface area (Å²) in [5.41, 5.74) is 4.86. The van der Waals surface area contributed by atoms with Crippen LogP contribution < -0.4 is 14.9 Å². The topological polar surface area (TPSA) is 77.0 Å². The fraction of sp³-hybridized carbons (Fsp3) is 0.125. The molecule has 0 spiro atoms. The zero-order valence-corrected chi connectivity index (χ0v) is 18.7. The van der Waals surface area contributed by atoms with Gasteiger partial charge >= 0.3 is 5.97 Å². The van der Waals surface area contributed by atoms with Crippen LogP contribution in [-0.2, 0) is 0 Å². The third-order valence-electron chi connectivity index (χ3n) is 4.23. The third-order valence-corrected chi connectivity index (χ3v) is 4.72. The highest BCUT2D eigenvalue weighted by atomic mass is 79.9. The molecule has 6 nitrogen and oxygen atoms in total. The lowest BCUT2D eigenvalue weighted by Gasteiger charge is -2.08. The molecular weight excluding hydrogens is 460 g/mol. The lowest BCUT2D eigenvalue weighted by Crippen LogP contribution is -2.17. The summed E-state index contributed by atoms with van der Waals surface area (Å²) in [7, 11) is 0. The highest BCUT2D eigenvalue weighted by molar-refractivity contribution is 9.10. The molecule has 0 aliphatic carbocycles. The van der Waals surface area contributed by atoms with E-state index in [9.17, 15) is 9.59 Å². The maximum atomic E-state index is 12.5. The van der Waals surface area contributed by atoms with E-state index in [0.717, 1.165) is 10.0 Å². The van der Waals surface area contributed by atoms with Gasteiger partial charge in [0.1, 0.15) is 11.5 Å². The van der Waals surface area contributed by atoms with Crippen molar-refractivity contribution >= 4 is 34.0 Å². The second-order valence-corrected chi connectivity index (χ2v) is 7.51. The Bertz CT molecular complexity index is 1110. The molecule has 0 unspecified atom stereocenters. The minimum atomic E-state index is -0.473. The fourth-order valence-electron chi connectivity index (χ4n) is 2.74. The first-order valence-corrected chi connectivity index (χ1v) is 10.4. The summed E-state index contributed by atoms with van der Waals surface area (Å²) in [5.74, 6) is 0.178. The highest BCUT2D eigenvalue weighted by Gasteiger charge is 2.12. The largest absolute Gasteiger partial charge is 0.494 e. The van der Waals surface area contributed by atoms with Gasteiger partial charge in [0, 0.05) is 15.6 Å². The van der Waals surface area contributed by atoms with Gasteiger partial charge in [-0.3, -0.25) is 4.79 Å². The number of carbonyl (C=O) groups is 2. The number of esters is 1. The zero-order valence-electron chi connectivity index (χ0n) is 17.1. The van der Waals surface area contributed by atoms with Crippen molar-refractivity contribution in [2.24, 2.45) is 5.10 Å². The van der Waals surface area contributed by atoms with E-state index in [1.807, 2.05) is 19.9 Å². The van der Waals surface area contributed by atoms with Crippen molar-refractivity contribution in [2.45, 2.75) is 13.8 Å². The summed E-state index contributed by atoms with van der Waals surface area (Å²) in [6, 6.07) is 19.1. The van der Waals surface area contributed by atoms with Crippen molar-refractivity contribution < 1.29 is 19.1 Å². The molecule has 1 amide bonds. The average Bonchev–Trinajstić information content (AvgIpc) is 2.76. The number of hydrogen-bond donors (Lipinski definition) is 1. The lowest BCUT2D eigenvalue weighted by atomic mass is 10.1. The quantitative estimate of drug-likeness (QED) is 0.220. The van der Waals surface area contributed by atoms with Gasteiger partial charge in [0.05, 0.1) is 18.4 Å². The van der Waals surface area contributed by atoms with Crippen molar-refractivity contribution in [2.75, 3.05) is 6.61 Å². The summed E-state index contributed by atoms with van der Waals surface area (Å²) in [5, 5.41) is 4.00. The second kappa shape index (κ2) is 10.5. The van der Waals surface area contributed by atoms with Crippen LogP contribution in [0.15, 0.2) is 76.3 Å². The van der Waals surface area contributed by atoms with Gasteiger partial charge < -0.3 is 9.47 Å². The maximum Gasteiger partial charge on any atom is 0.343 e. The molecule has 0 fully saturated rings. The standard InChI is InChI=1S/C24H21BrN2O4/c1-3-30-21-10-7-17(8-11-21)23(28)27-26-15-19-14-20(25)9-12-22(19)31-24(29)18-6-4-5-16(2)13-18/h4-15H,3H2,1-2H3,(H,27,28)/b26-15-. The van der Waals surface area contributed by atoms with Crippen LogP contribution in [0.1, 0.15) is 38.8 Å². The Hall–Kier alpha value is -3.45. The minimum absolute atomic E-state index is 0.328. The van der Waals surface area contributed by atoms with Crippen molar-refractivity contribution in [1.29, 1.82) is 0 Å². The molecule has 0 aliphatic rings. The van der Waals surface area contributed by atoms with E-state index in [1.54, 1.807) is 60.7 Å². The van der Waals surface area contributed by atoms with Crippen molar-refractivity contribution in [3.8, 4) is 11.5 Å². The molecule has 0 atom stereocenters. The van der Waals surface area contributed by atoms with Crippen LogP contribution in [-0.4, -0.2) is 24.7 Å². The number of carbonyl (C=O) groups excluding carboxylic acids is 2. The molecule has 0 saturated heterocycles. The summed E-state index contributed by atoms with van der Waals surface area (Å²) < 4.78 is 11.7. The predicted octanol–water partition coefficient (Wildman–Crippen LogP) is 5.14. The van der Waals surface area contributed by atoms with Crippen molar-refractivity contribution in [1.82, 2.24) is 5.43 Å². The van der Waals surface area contributed by atoms with Crippen LogP contribution in [0, 0.1) is 6.92 Å². The van der Waals surface area contributed by atoms with Gasteiger partial charge in [-0.1, -0.05) is 33.6 Å². The van der Waals surface area contributed by atoms with Crippen LogP contribution in [0.4, 0.5) is 0 Å². The molecule has 0 heterocycles. The Kier molecular flexibility index (Phi) is 7.56. The van der Waals surface area contributed by atoms with E-state index in [-0.39, 0.29) is 5.91 Å². The van der Waals surface area contributed by atoms with Crippen LogP contribution in [0.3, 0.4) is 0 Å². The number of halogens is 1. The lowest BCUT2D eigenvalue weighted by molar-refractivity contribution is 0.0734. The van der Waals surface area contributed by atoms with E-state index in [0.29, 0.717) is 34.8 Å². The van der Waals surface area contributed by atoms with Gasteiger partial charge in [0.15, 0.2) is 0 Å². The van der Waals surface area contributed by atoms with Crippen LogP contribution in [0.25, 0.3) is 0 Å². The van der Waals surface area contributed by atoms with Gasteiger partial charge in [-0.25, -0.2) is 10.2 Å². The number of hydrazone groups is 1. The van der Waals surface area contributed by atoms with Gasteiger partial charge in [-0.05, 0) is 68.4 Å². The van der Waals surface area contributed by atoms with Gasteiger partial charge in [-0.2, -0.15) is 5.10 Å². The van der Waals surface area contributed by atoms with Gasteiger partial charge in [-0.15, -0.1) is 0 Å². The van der Waals surface area contributed by atoms with Crippen LogP contribution >= 0.6 is 15.9 Å². The summed E-state index contributed by atoms with van der Waals surface area (Å²) >= 11 is 3.39. The molecule has 0 radical (unpaired) electrons. The fourth-order valence-corrected chi connectivity index (χ4v) is 3.12. The zero-order chi connectivity index (χ0) is 22.2. The van der Waals surface area contributed by atoms with Crippen LogP contribution in [0.2, 0.25) is 0 Å². The monoisotopic (exact) mass is 480 g/mol. The number of benzene rings is 3. The average molecular weight is 481 g/mol. The number of amides is 1. The first kappa shape index (κ1) is 22.2. The van der Waals surface area contributed by atoms with E-state index in [1.165, 1.54) is 6.21 Å². The summed E-state index contributed by atoms with van der Waals surface area (Å²) in [6.07, 6.45) is 1.43. The molecule has 0 saturated carbocycles. The van der Waals surface area contributed by atoms with Gasteiger partial charge in [0.25, 0.3) is 5.91 Å². The molecule has 0 aliphatic heterocycles. The molecule has 0 bridgehead atoms. The predicted molar refractivity (Wildman–Crippen MR) is 123 cm³/mol. The number of hydrogen-bond acceptors (Lipinski definition) is 5. The Balaban J connectivity index is 1.70. The first-order valence-electron chi connectivity index (χ1n) is 9.61. The van der Waals surface area contributed by atoms with Gasteiger partial charge in [0.2, 0.25) is 0 Å². The first-order chi connectivity index (χ1) is 15.0. The van der Waals surface area contributed by atoms with Crippen LogP contribution in [0.5, 0.6) is 11.5 Å². The van der Waals surface area contributed by atoms with Crippen molar-refractivity contribution in [3.05, 3.63) is 93.5 Å². The number of ether oxygens (including phenoxy) is 2. The summed E-state index contributed by atoms with van der Waals surface area (Å²) in [4.78, 5) is 24.8. The van der Waals surface area contributed by atoms with E-state index in [2.05, 4.69) is 26.5 Å². The Morgan fingerprint density at radius 3 is 2.52 bits per heavy atom. The van der Waals surface area contributed by atoms with E-state index in [4.69, 9.17) is 9.47 Å². The minimum Gasteiger partial charge on any atom is -0.494 e. The Morgan fingerprint density at radius 2 is 1.81 bits per heavy atom. The Morgan fingerprint density at radius 1 is 1.03 bits per heavy atom. The molecule has 158 valence electrons. The highest BCUT2D eigenvalue weighted by Crippen LogP contribution is 2.23. The Labute approximate surface area is 189 Å². The second-order valence-electron chi connectivity index (χ2n) is 6.60. The summed E-state index contributed by atoms with van der Waals surface area (Å²) in [6.45, 7) is 4.35. The smallest absolute Gasteiger partial charge is 0.343 e. The molecule has 1 N–H and O–H groups in total. The number of nitrogens with one attached hydrogen (secondary N) is 1. The molecule has 31 heavy (non-hydrogen) atoms. The number of nitrogens with zero attached hydrogens (tertiary/aromatic N) is 1. The molecule has 0 aromatic heterocycles. The van der Waals surface area contributed by atoms with Crippen molar-refractivity contribution in [3.63, 3.8) is 0 Å². The number of rotatable bonds is 7. The molecular formula is C24H21BrN2O4. The normalized spacial score (nSPS) is 10.7. The maximum absolute atomic E-state index is 12.5. The SMILES string of the molecule is CCOc1ccc(C(=O)N/N=C\c2cc(Br)ccc2OC(=O)c2cccc(C)c2)cc1. The molecule has 3 rings (SSSR count). The molecule has 7 heteroatoms. The molecule has 3 aromatic carbocycles. The molecule has 3 aromatic rings. The van der Waals surface area contributed by atoms with E-state index < -0.39 is 5.97 Å². The van der Waals surface area contributed by atoms with E-state index >= 15 is 0 Å². The number of aryl methyl sites for hydroxylation is 1.